The Labute approximate surface area is 136 Å². The molecule has 3 rings (SSSR count). The van der Waals surface area contributed by atoms with Crippen LogP contribution in [-0.2, 0) is 13.6 Å². The third-order valence-corrected chi connectivity index (χ3v) is 3.84. The van der Waals surface area contributed by atoms with Crippen LogP contribution in [0.5, 0.6) is 0 Å². The van der Waals surface area contributed by atoms with E-state index in [1.165, 1.54) is 0 Å². The van der Waals surface area contributed by atoms with Gasteiger partial charge in [0.15, 0.2) is 5.65 Å². The van der Waals surface area contributed by atoms with Crippen molar-refractivity contribution in [1.82, 2.24) is 14.1 Å². The predicted molar refractivity (Wildman–Crippen MR) is 94.3 cm³/mol. The number of nitrogens with zero attached hydrogens (tertiary/aromatic N) is 3. The second kappa shape index (κ2) is 5.37. The summed E-state index contributed by atoms with van der Waals surface area (Å²) in [6.07, 6.45) is 0. The largest absolute Gasteiger partial charge is 0.330 e. The van der Waals surface area contributed by atoms with Crippen molar-refractivity contribution in [1.29, 1.82) is 0 Å². The number of hydrogen-bond donors (Lipinski definition) is 0. The summed E-state index contributed by atoms with van der Waals surface area (Å²) in [7, 11) is 1.78. The molecule has 3 aromatic rings. The first-order valence-electron chi connectivity index (χ1n) is 7.75. The van der Waals surface area contributed by atoms with E-state index in [4.69, 9.17) is 4.98 Å². The molecule has 0 N–H and O–H groups in total. The molecular weight excluding hydrogens is 286 g/mol. The zero-order chi connectivity index (χ0) is 16.8. The lowest BCUT2D eigenvalue weighted by atomic mass is 9.97. The highest BCUT2D eigenvalue weighted by Crippen LogP contribution is 2.23. The molecule has 0 atom stereocenters. The van der Waals surface area contributed by atoms with E-state index in [0.717, 1.165) is 22.3 Å². The van der Waals surface area contributed by atoms with Crippen molar-refractivity contribution >= 4 is 11.2 Å². The van der Waals surface area contributed by atoms with Crippen LogP contribution < -0.4 is 5.69 Å². The predicted octanol–water partition coefficient (Wildman–Crippen LogP) is 3.63. The van der Waals surface area contributed by atoms with Crippen molar-refractivity contribution < 1.29 is 0 Å². The van der Waals surface area contributed by atoms with Crippen LogP contribution in [0.25, 0.3) is 22.4 Å². The zero-order valence-corrected chi connectivity index (χ0v) is 14.1. The Morgan fingerprint density at radius 1 is 1.17 bits per heavy atom. The fourth-order valence-electron chi connectivity index (χ4n) is 2.79. The number of aromatic nitrogens is 3. The van der Waals surface area contributed by atoms with E-state index in [1.54, 1.807) is 11.6 Å². The summed E-state index contributed by atoms with van der Waals surface area (Å²) < 4.78 is 3.43. The van der Waals surface area contributed by atoms with Gasteiger partial charge in [0, 0.05) is 19.2 Å². The molecular formula is C19H22N3O. The Morgan fingerprint density at radius 2 is 1.91 bits per heavy atom. The van der Waals surface area contributed by atoms with Gasteiger partial charge in [0.25, 0.3) is 0 Å². The molecule has 0 saturated heterocycles. The minimum atomic E-state index is -0.0227. The van der Waals surface area contributed by atoms with Crippen LogP contribution in [0, 0.1) is 12.3 Å². The Balaban J connectivity index is 2.18. The van der Waals surface area contributed by atoms with Crippen LogP contribution in [0.3, 0.4) is 0 Å². The van der Waals surface area contributed by atoms with Crippen molar-refractivity contribution in [3.63, 3.8) is 0 Å². The molecule has 0 spiro atoms. The summed E-state index contributed by atoms with van der Waals surface area (Å²) in [5.41, 5.74) is 4.41. The van der Waals surface area contributed by atoms with Gasteiger partial charge in [-0.3, -0.25) is 9.13 Å². The summed E-state index contributed by atoms with van der Waals surface area (Å²) in [5.74, 6) is 0. The first kappa shape index (κ1) is 15.5. The highest BCUT2D eigenvalue weighted by atomic mass is 16.1. The van der Waals surface area contributed by atoms with Gasteiger partial charge in [-0.2, -0.15) is 0 Å². The Hall–Kier alpha value is -2.36. The third-order valence-electron chi connectivity index (χ3n) is 3.84. The lowest BCUT2D eigenvalue weighted by Crippen LogP contribution is -2.27. The van der Waals surface area contributed by atoms with Gasteiger partial charge < -0.3 is 0 Å². The van der Waals surface area contributed by atoms with Gasteiger partial charge in [0.05, 0.1) is 11.2 Å². The van der Waals surface area contributed by atoms with Crippen molar-refractivity contribution in [2.24, 2.45) is 12.5 Å². The molecule has 0 bridgehead atoms. The second-order valence-corrected chi connectivity index (χ2v) is 7.23. The van der Waals surface area contributed by atoms with Crippen LogP contribution in [0.15, 0.2) is 41.2 Å². The van der Waals surface area contributed by atoms with E-state index >= 15 is 0 Å². The molecule has 1 aromatic carbocycles. The van der Waals surface area contributed by atoms with E-state index in [0.29, 0.717) is 12.2 Å². The highest BCUT2D eigenvalue weighted by molar-refractivity contribution is 5.76. The number of fused-ring (bicyclic) bond motifs is 1. The van der Waals surface area contributed by atoms with Crippen LogP contribution in [0.1, 0.15) is 26.3 Å². The van der Waals surface area contributed by atoms with E-state index < -0.39 is 0 Å². The van der Waals surface area contributed by atoms with Crippen LogP contribution in [-0.4, -0.2) is 14.1 Å². The minimum Gasteiger partial charge on any atom is -0.290 e. The fraction of sp³-hybridized carbons (Fsp3) is 0.316. The summed E-state index contributed by atoms with van der Waals surface area (Å²) >= 11 is 0. The first-order chi connectivity index (χ1) is 10.8. The van der Waals surface area contributed by atoms with Gasteiger partial charge in [0.1, 0.15) is 0 Å². The number of benzene rings is 1. The number of imidazole rings is 1. The third kappa shape index (κ3) is 2.93. The molecule has 4 nitrogen and oxygen atoms in total. The van der Waals surface area contributed by atoms with Crippen molar-refractivity contribution in [2.45, 2.75) is 27.3 Å². The molecule has 4 heteroatoms. The summed E-state index contributed by atoms with van der Waals surface area (Å²) in [4.78, 5) is 17.3. The lowest BCUT2D eigenvalue weighted by Gasteiger charge is -2.18. The summed E-state index contributed by atoms with van der Waals surface area (Å²) in [6, 6.07) is 11.9. The SMILES string of the molecule is [CH2]c1cccc(-c2ccc3c(n2)n(C)c(=O)n3CC(C)(C)C)c1. The molecule has 0 aliphatic rings. The maximum atomic E-state index is 12.5. The molecule has 23 heavy (non-hydrogen) atoms. The Kier molecular flexibility index (Phi) is 3.63. The van der Waals surface area contributed by atoms with Crippen molar-refractivity contribution in [3.05, 3.63) is 59.4 Å². The van der Waals surface area contributed by atoms with Gasteiger partial charge in [-0.25, -0.2) is 9.78 Å². The van der Waals surface area contributed by atoms with Crippen molar-refractivity contribution in [2.75, 3.05) is 0 Å². The smallest absolute Gasteiger partial charge is 0.290 e. The monoisotopic (exact) mass is 308 g/mol. The zero-order valence-electron chi connectivity index (χ0n) is 14.1. The maximum absolute atomic E-state index is 12.5. The minimum absolute atomic E-state index is 0.0227. The first-order valence-corrected chi connectivity index (χ1v) is 7.75. The Bertz CT molecular complexity index is 926. The molecule has 0 amide bonds. The van der Waals surface area contributed by atoms with Crippen LogP contribution in [0.4, 0.5) is 0 Å². The fourth-order valence-corrected chi connectivity index (χ4v) is 2.79. The number of hydrogen-bond acceptors (Lipinski definition) is 2. The average molecular weight is 308 g/mol. The quantitative estimate of drug-likeness (QED) is 0.725. The standard InChI is InChI=1S/C19H22N3O/c1-13-7-6-8-14(11-13)15-9-10-16-17(20-15)21(5)18(23)22(16)12-19(2,3)4/h6-11H,1,12H2,2-5H3. The molecule has 0 aliphatic heterocycles. The number of pyridine rings is 1. The van der Waals surface area contributed by atoms with E-state index in [-0.39, 0.29) is 11.1 Å². The molecule has 2 aromatic heterocycles. The van der Waals surface area contributed by atoms with Crippen LogP contribution in [0.2, 0.25) is 0 Å². The van der Waals surface area contributed by atoms with E-state index in [2.05, 4.69) is 27.7 Å². The summed E-state index contributed by atoms with van der Waals surface area (Å²) in [6.45, 7) is 11.0. The van der Waals surface area contributed by atoms with Gasteiger partial charge in [-0.15, -0.1) is 0 Å². The topological polar surface area (TPSA) is 39.8 Å². The number of rotatable bonds is 2. The van der Waals surface area contributed by atoms with Gasteiger partial charge in [-0.1, -0.05) is 39.0 Å². The molecule has 2 heterocycles. The molecule has 0 unspecified atom stereocenters. The second-order valence-electron chi connectivity index (χ2n) is 7.23. The molecule has 0 fully saturated rings. The van der Waals surface area contributed by atoms with E-state index in [9.17, 15) is 4.79 Å². The highest BCUT2D eigenvalue weighted by Gasteiger charge is 2.18. The Morgan fingerprint density at radius 3 is 2.57 bits per heavy atom. The molecule has 0 saturated carbocycles. The normalized spacial score (nSPS) is 12.0. The number of aryl methyl sites for hydroxylation is 1. The molecule has 119 valence electrons. The van der Waals surface area contributed by atoms with Gasteiger partial charge in [0.2, 0.25) is 0 Å². The summed E-state index contributed by atoms with van der Waals surface area (Å²) in [5, 5.41) is 0. The lowest BCUT2D eigenvalue weighted by molar-refractivity contribution is 0.342. The molecule has 0 aliphatic carbocycles. The molecule has 1 radical (unpaired) electrons. The van der Waals surface area contributed by atoms with Crippen LogP contribution >= 0.6 is 0 Å². The van der Waals surface area contributed by atoms with Gasteiger partial charge in [-0.05, 0) is 36.1 Å². The van der Waals surface area contributed by atoms with Crippen molar-refractivity contribution in [3.8, 4) is 11.3 Å². The van der Waals surface area contributed by atoms with Gasteiger partial charge >= 0.3 is 5.69 Å². The average Bonchev–Trinajstić information content (AvgIpc) is 2.71. The van der Waals surface area contributed by atoms with E-state index in [1.807, 2.05) is 41.0 Å². The maximum Gasteiger partial charge on any atom is 0.330 e.